The van der Waals surface area contributed by atoms with Gasteiger partial charge in [-0.05, 0) is 49.7 Å². The van der Waals surface area contributed by atoms with E-state index in [1.807, 2.05) is 43.5 Å². The number of hydrogen-bond acceptors (Lipinski definition) is 6. The van der Waals surface area contributed by atoms with E-state index in [1.54, 1.807) is 6.33 Å². The number of nitrogens with zero attached hydrogens (tertiary/aromatic N) is 4. The first-order valence-electron chi connectivity index (χ1n) is 11.7. The van der Waals surface area contributed by atoms with Crippen molar-refractivity contribution in [2.45, 2.75) is 20.4 Å². The number of para-hydroxylation sites is 1. The molecule has 0 spiro atoms. The number of hydrogen-bond donors (Lipinski definition) is 2. The topological polar surface area (TPSA) is 93.1 Å². The second kappa shape index (κ2) is 8.72. The Balaban J connectivity index is 1.34. The zero-order chi connectivity index (χ0) is 23.8. The summed E-state index contributed by atoms with van der Waals surface area (Å²) in [6, 6.07) is 18.5. The van der Waals surface area contributed by atoms with Crippen LogP contribution in [0, 0.1) is 13.8 Å². The maximum Gasteiger partial charge on any atom is 0.299 e. The molecule has 8 nitrogen and oxygen atoms in total. The number of aryl methyl sites for hydroxylation is 1. The van der Waals surface area contributed by atoms with Crippen LogP contribution in [0.25, 0.3) is 22.3 Å². The smallest absolute Gasteiger partial charge is 0.299 e. The van der Waals surface area contributed by atoms with E-state index in [4.69, 9.17) is 9.72 Å². The van der Waals surface area contributed by atoms with Crippen molar-refractivity contribution in [2.75, 3.05) is 23.4 Å². The second-order valence-electron chi connectivity index (χ2n) is 8.70. The number of ether oxygens (including phenoxy) is 1. The zero-order valence-electron chi connectivity index (χ0n) is 19.7. The minimum atomic E-state index is 0.585. The Hall–Kier alpha value is -4.46. The molecule has 0 unspecified atom stereocenters. The first kappa shape index (κ1) is 21.1. The molecule has 0 atom stereocenters. The third kappa shape index (κ3) is 4.14. The molecular formula is C27H26N7O+. The van der Waals surface area contributed by atoms with Gasteiger partial charge in [0.2, 0.25) is 0 Å². The highest BCUT2D eigenvalue weighted by Crippen LogP contribution is 2.33. The predicted octanol–water partition coefficient (Wildman–Crippen LogP) is 4.59. The van der Waals surface area contributed by atoms with Crippen LogP contribution in [0.3, 0.4) is 0 Å². The summed E-state index contributed by atoms with van der Waals surface area (Å²) in [7, 11) is 0. The summed E-state index contributed by atoms with van der Waals surface area (Å²) in [6.45, 7) is 6.01. The first-order chi connectivity index (χ1) is 17.1. The molecule has 1 aliphatic heterocycles. The van der Waals surface area contributed by atoms with Gasteiger partial charge in [0.1, 0.15) is 36.0 Å². The van der Waals surface area contributed by atoms with Crippen LogP contribution in [-0.4, -0.2) is 33.1 Å². The lowest BCUT2D eigenvalue weighted by Crippen LogP contribution is -2.27. The number of anilines is 3. The number of pyridine rings is 1. The van der Waals surface area contributed by atoms with E-state index in [9.17, 15) is 0 Å². The van der Waals surface area contributed by atoms with Crippen LogP contribution in [0.1, 0.15) is 17.0 Å². The van der Waals surface area contributed by atoms with E-state index in [-0.39, 0.29) is 0 Å². The Morgan fingerprint density at radius 1 is 1.03 bits per heavy atom. The average molecular weight is 465 g/mol. The normalized spacial score (nSPS) is 13.3. The molecule has 5 aromatic rings. The molecule has 174 valence electrons. The van der Waals surface area contributed by atoms with Gasteiger partial charge in [0.15, 0.2) is 11.8 Å². The third-order valence-corrected chi connectivity index (χ3v) is 6.27. The van der Waals surface area contributed by atoms with Gasteiger partial charge in [-0.1, -0.05) is 24.3 Å². The number of aromatic nitrogens is 5. The molecule has 3 aromatic heterocycles. The standard InChI is InChI=1S/C27H25N7O/c1-17-25(33-22-6-4-3-5-7-22)31-18(2)32-27(17)34-10-11-35-24-9-8-19(12-21(24)15-34)20-13-23-26(28-14-20)30-16-29-23/h3-9,12-14,16H,10-11,15H2,1-2H3,(H,28,29,30)(H,31,32,33)/p+1. The minimum absolute atomic E-state index is 0.585. The van der Waals surface area contributed by atoms with Gasteiger partial charge >= 0.3 is 0 Å². The van der Waals surface area contributed by atoms with E-state index in [2.05, 4.69) is 61.3 Å². The zero-order valence-corrected chi connectivity index (χ0v) is 19.7. The number of aromatic amines is 2. The molecule has 35 heavy (non-hydrogen) atoms. The molecular weight excluding hydrogens is 438 g/mol. The van der Waals surface area contributed by atoms with Crippen LogP contribution in [0.5, 0.6) is 5.75 Å². The summed E-state index contributed by atoms with van der Waals surface area (Å²) < 4.78 is 6.12. The van der Waals surface area contributed by atoms with Crippen molar-refractivity contribution in [2.24, 2.45) is 0 Å². The van der Waals surface area contributed by atoms with Gasteiger partial charge in [-0.25, -0.2) is 15.0 Å². The lowest BCUT2D eigenvalue weighted by atomic mass is 10.0. The van der Waals surface area contributed by atoms with Crippen LogP contribution in [0.4, 0.5) is 17.3 Å². The van der Waals surface area contributed by atoms with Gasteiger partial charge in [-0.2, -0.15) is 0 Å². The van der Waals surface area contributed by atoms with Crippen LogP contribution < -0.4 is 19.9 Å². The maximum atomic E-state index is 6.12. The fraction of sp³-hybridized carbons (Fsp3) is 0.185. The molecule has 0 amide bonds. The maximum absolute atomic E-state index is 6.12. The van der Waals surface area contributed by atoms with Crippen LogP contribution >= 0.6 is 0 Å². The highest BCUT2D eigenvalue weighted by Gasteiger charge is 2.21. The molecule has 0 saturated carbocycles. The second-order valence-corrected chi connectivity index (χ2v) is 8.70. The fourth-order valence-corrected chi connectivity index (χ4v) is 4.49. The van der Waals surface area contributed by atoms with Crippen molar-refractivity contribution in [3.63, 3.8) is 0 Å². The number of rotatable bonds is 4. The van der Waals surface area contributed by atoms with Crippen molar-refractivity contribution >= 4 is 28.5 Å². The lowest BCUT2D eigenvalue weighted by molar-refractivity contribution is -0.347. The van der Waals surface area contributed by atoms with Crippen LogP contribution in [0.2, 0.25) is 0 Å². The Morgan fingerprint density at radius 3 is 2.80 bits per heavy atom. The lowest BCUT2D eigenvalue weighted by Gasteiger charge is -2.24. The molecule has 3 N–H and O–H groups in total. The average Bonchev–Trinajstić information content (AvgIpc) is 3.24. The van der Waals surface area contributed by atoms with E-state index in [1.165, 1.54) is 0 Å². The molecule has 0 bridgehead atoms. The number of imidazole rings is 1. The summed E-state index contributed by atoms with van der Waals surface area (Å²) in [6.07, 6.45) is 3.68. The summed E-state index contributed by atoms with van der Waals surface area (Å²) in [5, 5.41) is 3.45. The van der Waals surface area contributed by atoms with Gasteiger partial charge in [-0.15, -0.1) is 4.98 Å². The SMILES string of the molecule is Cc1nc(Nc2ccccc2)c(C)c(N2CCOc3ccc(-c4cnc5[nH+]c[nH]c5c4)cc3C2)n1. The molecule has 1 aliphatic rings. The molecule has 6 rings (SSSR count). The van der Waals surface area contributed by atoms with Gasteiger partial charge in [0.05, 0.1) is 6.54 Å². The third-order valence-electron chi connectivity index (χ3n) is 6.27. The predicted molar refractivity (Wildman–Crippen MR) is 136 cm³/mol. The van der Waals surface area contributed by atoms with Gasteiger partial charge in [-0.3, -0.25) is 4.98 Å². The summed E-state index contributed by atoms with van der Waals surface area (Å²) in [4.78, 5) is 22.6. The monoisotopic (exact) mass is 464 g/mol. The van der Waals surface area contributed by atoms with Crippen LogP contribution in [0.15, 0.2) is 67.1 Å². The fourth-order valence-electron chi connectivity index (χ4n) is 4.49. The number of H-pyrrole nitrogens is 2. The van der Waals surface area contributed by atoms with Crippen LogP contribution in [-0.2, 0) is 6.54 Å². The Labute approximate surface area is 203 Å². The Bertz CT molecular complexity index is 1510. The molecule has 2 aromatic carbocycles. The molecule has 0 aliphatic carbocycles. The Morgan fingerprint density at radius 2 is 1.91 bits per heavy atom. The van der Waals surface area contributed by atoms with Crippen molar-refractivity contribution in [3.05, 3.63) is 84.1 Å². The van der Waals surface area contributed by atoms with Gasteiger partial charge < -0.3 is 15.0 Å². The van der Waals surface area contributed by atoms with Crippen molar-refractivity contribution in [1.82, 2.24) is 19.9 Å². The molecule has 0 saturated heterocycles. The molecule has 8 heteroatoms. The Kier molecular flexibility index (Phi) is 5.25. The van der Waals surface area contributed by atoms with Gasteiger partial charge in [0.25, 0.3) is 5.65 Å². The van der Waals surface area contributed by atoms with Gasteiger partial charge in [0, 0.05) is 28.9 Å². The molecule has 4 heterocycles. The largest absolute Gasteiger partial charge is 0.491 e. The quantitative estimate of drug-likeness (QED) is 0.404. The number of benzene rings is 2. The number of nitrogens with one attached hydrogen (secondary N) is 3. The van der Waals surface area contributed by atoms with Crippen molar-refractivity contribution < 1.29 is 9.72 Å². The number of fused-ring (bicyclic) bond motifs is 2. The van der Waals surface area contributed by atoms with Crippen molar-refractivity contribution in [3.8, 4) is 16.9 Å². The summed E-state index contributed by atoms with van der Waals surface area (Å²) in [5.74, 6) is 3.37. The molecule has 0 radical (unpaired) electrons. The van der Waals surface area contributed by atoms with E-state index in [0.29, 0.717) is 13.2 Å². The first-order valence-corrected chi connectivity index (χ1v) is 11.7. The summed E-state index contributed by atoms with van der Waals surface area (Å²) in [5.41, 5.74) is 7.09. The minimum Gasteiger partial charge on any atom is -0.491 e. The van der Waals surface area contributed by atoms with E-state index >= 15 is 0 Å². The highest BCUT2D eigenvalue weighted by molar-refractivity contribution is 5.76. The highest BCUT2D eigenvalue weighted by atomic mass is 16.5. The van der Waals surface area contributed by atoms with Crippen molar-refractivity contribution in [1.29, 1.82) is 0 Å². The summed E-state index contributed by atoms with van der Waals surface area (Å²) >= 11 is 0. The van der Waals surface area contributed by atoms with E-state index in [0.717, 1.165) is 68.9 Å². The molecule has 0 fully saturated rings. The van der Waals surface area contributed by atoms with E-state index < -0.39 is 0 Å².